The number of H-pyrrole nitrogens is 1. The predicted octanol–water partition coefficient (Wildman–Crippen LogP) is 1.54. The second-order valence-corrected chi connectivity index (χ2v) is 4.14. The zero-order valence-electron chi connectivity index (χ0n) is 10.1. The molecule has 0 amide bonds. The summed E-state index contributed by atoms with van der Waals surface area (Å²) in [5.41, 5.74) is 0.947. The number of nitrogens with zero attached hydrogens (tertiary/aromatic N) is 1. The number of aromatic nitrogens is 2. The maximum absolute atomic E-state index is 9.34. The minimum atomic E-state index is -0.0865. The Morgan fingerprint density at radius 2 is 2.11 bits per heavy atom. The van der Waals surface area contributed by atoms with Crippen molar-refractivity contribution in [2.45, 2.75) is 19.4 Å². The largest absolute Gasteiger partial charge is 0.504 e. The molecular weight excluding hydrogens is 230 g/mol. The van der Waals surface area contributed by atoms with Crippen LogP contribution in [0.3, 0.4) is 0 Å². The van der Waals surface area contributed by atoms with Gasteiger partial charge in [0, 0.05) is 25.4 Å². The van der Waals surface area contributed by atoms with Crippen LogP contribution in [0.5, 0.6) is 11.5 Å². The number of phenols is 2. The van der Waals surface area contributed by atoms with Crippen LogP contribution in [-0.4, -0.2) is 26.7 Å². The fourth-order valence-electron chi connectivity index (χ4n) is 1.73. The summed E-state index contributed by atoms with van der Waals surface area (Å²) >= 11 is 0. The van der Waals surface area contributed by atoms with E-state index in [4.69, 9.17) is 0 Å². The van der Waals surface area contributed by atoms with Gasteiger partial charge in [-0.1, -0.05) is 6.07 Å². The van der Waals surface area contributed by atoms with Crippen LogP contribution < -0.4 is 5.32 Å². The maximum atomic E-state index is 9.34. The molecule has 2 aromatic rings. The summed E-state index contributed by atoms with van der Waals surface area (Å²) in [5, 5.41) is 21.8. The SMILES string of the molecule is Oc1ccc(CNCCCc2ncc[nH]2)cc1O. The van der Waals surface area contributed by atoms with Gasteiger partial charge in [-0.05, 0) is 30.7 Å². The van der Waals surface area contributed by atoms with E-state index in [1.54, 1.807) is 18.3 Å². The minimum absolute atomic E-state index is 0.0788. The zero-order valence-corrected chi connectivity index (χ0v) is 10.1. The molecule has 0 bridgehead atoms. The molecule has 1 aromatic heterocycles. The van der Waals surface area contributed by atoms with E-state index in [-0.39, 0.29) is 11.5 Å². The van der Waals surface area contributed by atoms with E-state index in [9.17, 15) is 10.2 Å². The molecule has 96 valence electrons. The van der Waals surface area contributed by atoms with Gasteiger partial charge in [0.1, 0.15) is 5.82 Å². The summed E-state index contributed by atoms with van der Waals surface area (Å²) < 4.78 is 0. The molecule has 0 unspecified atom stereocenters. The summed E-state index contributed by atoms with van der Waals surface area (Å²) in [6, 6.07) is 4.85. The van der Waals surface area contributed by atoms with Gasteiger partial charge < -0.3 is 20.5 Å². The lowest BCUT2D eigenvalue weighted by Gasteiger charge is -2.05. The van der Waals surface area contributed by atoms with Crippen LogP contribution in [0.25, 0.3) is 0 Å². The lowest BCUT2D eigenvalue weighted by molar-refractivity contribution is 0.403. The van der Waals surface area contributed by atoms with E-state index < -0.39 is 0 Å². The maximum Gasteiger partial charge on any atom is 0.157 e. The Labute approximate surface area is 106 Å². The van der Waals surface area contributed by atoms with Crippen molar-refractivity contribution < 1.29 is 10.2 Å². The van der Waals surface area contributed by atoms with Gasteiger partial charge >= 0.3 is 0 Å². The second-order valence-electron chi connectivity index (χ2n) is 4.14. The molecule has 0 spiro atoms. The Bertz CT molecular complexity index is 483. The summed E-state index contributed by atoms with van der Waals surface area (Å²) in [4.78, 5) is 7.21. The second kappa shape index (κ2) is 6.07. The quantitative estimate of drug-likeness (QED) is 0.461. The number of imidazole rings is 1. The molecule has 1 aromatic carbocycles. The van der Waals surface area contributed by atoms with Crippen LogP contribution in [0, 0.1) is 0 Å². The number of aromatic hydroxyl groups is 2. The van der Waals surface area contributed by atoms with E-state index in [0.29, 0.717) is 6.54 Å². The molecule has 5 nitrogen and oxygen atoms in total. The predicted molar refractivity (Wildman–Crippen MR) is 68.4 cm³/mol. The van der Waals surface area contributed by atoms with E-state index >= 15 is 0 Å². The molecule has 0 aliphatic rings. The van der Waals surface area contributed by atoms with Gasteiger partial charge in [0.25, 0.3) is 0 Å². The van der Waals surface area contributed by atoms with Gasteiger partial charge in [0.2, 0.25) is 0 Å². The molecule has 1 heterocycles. The average molecular weight is 247 g/mol. The molecular formula is C13H17N3O2. The van der Waals surface area contributed by atoms with Crippen LogP contribution in [0.1, 0.15) is 17.8 Å². The number of nitrogens with one attached hydrogen (secondary N) is 2. The highest BCUT2D eigenvalue weighted by molar-refractivity contribution is 5.40. The normalized spacial score (nSPS) is 10.7. The number of rotatable bonds is 6. The highest BCUT2D eigenvalue weighted by Gasteiger charge is 2.00. The molecule has 2 rings (SSSR count). The number of hydrogen-bond acceptors (Lipinski definition) is 4. The standard InChI is InChI=1S/C13H17N3O2/c17-11-4-3-10(8-12(11)18)9-14-5-1-2-13-15-6-7-16-13/h3-4,6-8,14,17-18H,1-2,5,9H2,(H,15,16). The zero-order chi connectivity index (χ0) is 12.8. The highest BCUT2D eigenvalue weighted by atomic mass is 16.3. The van der Waals surface area contributed by atoms with E-state index in [1.165, 1.54) is 6.07 Å². The summed E-state index contributed by atoms with van der Waals surface area (Å²) in [7, 11) is 0. The first-order valence-corrected chi connectivity index (χ1v) is 5.95. The first kappa shape index (κ1) is 12.4. The Balaban J connectivity index is 1.67. The number of phenolic OH excluding ortho intramolecular Hbond substituents is 2. The number of benzene rings is 1. The van der Waals surface area contributed by atoms with E-state index in [1.807, 2.05) is 6.20 Å². The van der Waals surface area contributed by atoms with Gasteiger partial charge in [-0.3, -0.25) is 0 Å². The van der Waals surface area contributed by atoms with Crippen molar-refractivity contribution in [1.29, 1.82) is 0 Å². The van der Waals surface area contributed by atoms with Crippen molar-refractivity contribution in [2.24, 2.45) is 0 Å². The summed E-state index contributed by atoms with van der Waals surface area (Å²) in [5.74, 6) is 0.834. The monoisotopic (exact) mass is 247 g/mol. The molecule has 0 atom stereocenters. The summed E-state index contributed by atoms with van der Waals surface area (Å²) in [6.07, 6.45) is 5.49. The molecule has 5 heteroatoms. The molecule has 0 radical (unpaired) electrons. The van der Waals surface area contributed by atoms with Crippen molar-refractivity contribution in [3.8, 4) is 11.5 Å². The van der Waals surface area contributed by atoms with Crippen LogP contribution in [0.4, 0.5) is 0 Å². The van der Waals surface area contributed by atoms with Gasteiger partial charge in [-0.2, -0.15) is 0 Å². The minimum Gasteiger partial charge on any atom is -0.504 e. The van der Waals surface area contributed by atoms with Crippen LogP contribution >= 0.6 is 0 Å². The van der Waals surface area contributed by atoms with E-state index in [0.717, 1.165) is 30.8 Å². The first-order valence-electron chi connectivity index (χ1n) is 5.95. The fourth-order valence-corrected chi connectivity index (χ4v) is 1.73. The van der Waals surface area contributed by atoms with Crippen molar-refractivity contribution in [3.63, 3.8) is 0 Å². The van der Waals surface area contributed by atoms with Crippen molar-refractivity contribution >= 4 is 0 Å². The average Bonchev–Trinajstić information content (AvgIpc) is 2.86. The van der Waals surface area contributed by atoms with Crippen molar-refractivity contribution in [1.82, 2.24) is 15.3 Å². The molecule has 0 saturated heterocycles. The smallest absolute Gasteiger partial charge is 0.157 e. The number of aryl methyl sites for hydroxylation is 1. The van der Waals surface area contributed by atoms with Gasteiger partial charge in [-0.25, -0.2) is 4.98 Å². The molecule has 4 N–H and O–H groups in total. The molecule has 18 heavy (non-hydrogen) atoms. The fraction of sp³-hybridized carbons (Fsp3) is 0.308. The van der Waals surface area contributed by atoms with E-state index in [2.05, 4.69) is 15.3 Å². The van der Waals surface area contributed by atoms with Gasteiger partial charge in [0.05, 0.1) is 0 Å². The highest BCUT2D eigenvalue weighted by Crippen LogP contribution is 2.24. The lowest BCUT2D eigenvalue weighted by atomic mass is 10.2. The molecule has 0 aliphatic carbocycles. The number of aromatic amines is 1. The Morgan fingerprint density at radius 1 is 1.22 bits per heavy atom. The third-order valence-corrected chi connectivity index (χ3v) is 2.69. The van der Waals surface area contributed by atoms with Crippen LogP contribution in [-0.2, 0) is 13.0 Å². The Morgan fingerprint density at radius 3 is 2.83 bits per heavy atom. The third kappa shape index (κ3) is 3.49. The Kier molecular flexibility index (Phi) is 4.20. The Hall–Kier alpha value is -2.01. The molecule has 0 fully saturated rings. The van der Waals surface area contributed by atoms with Crippen molar-refractivity contribution in [3.05, 3.63) is 42.0 Å². The van der Waals surface area contributed by atoms with Crippen LogP contribution in [0.15, 0.2) is 30.6 Å². The lowest BCUT2D eigenvalue weighted by Crippen LogP contribution is -2.15. The van der Waals surface area contributed by atoms with Crippen LogP contribution in [0.2, 0.25) is 0 Å². The number of hydrogen-bond donors (Lipinski definition) is 4. The summed E-state index contributed by atoms with van der Waals surface area (Å²) in [6.45, 7) is 1.55. The van der Waals surface area contributed by atoms with Gasteiger partial charge in [0.15, 0.2) is 11.5 Å². The third-order valence-electron chi connectivity index (χ3n) is 2.69. The van der Waals surface area contributed by atoms with Crippen molar-refractivity contribution in [2.75, 3.05) is 6.54 Å². The first-order chi connectivity index (χ1) is 8.75. The molecule has 0 aliphatic heterocycles. The van der Waals surface area contributed by atoms with Gasteiger partial charge in [-0.15, -0.1) is 0 Å². The molecule has 0 saturated carbocycles. The topological polar surface area (TPSA) is 81.2 Å².